The highest BCUT2D eigenvalue weighted by Crippen LogP contribution is 2.36. The van der Waals surface area contributed by atoms with E-state index in [0.717, 1.165) is 13.1 Å². The SMILES string of the molecule is CCC1(CC)CCN(CCNc2cccc(C)c2)C1. The van der Waals surface area contributed by atoms with E-state index >= 15 is 0 Å². The Balaban J connectivity index is 1.75. The van der Waals surface area contributed by atoms with E-state index in [1.165, 1.54) is 43.6 Å². The third kappa shape index (κ3) is 3.73. The van der Waals surface area contributed by atoms with Gasteiger partial charge in [0.2, 0.25) is 0 Å². The maximum atomic E-state index is 3.53. The van der Waals surface area contributed by atoms with Crippen LogP contribution in [0.3, 0.4) is 0 Å². The maximum absolute atomic E-state index is 3.53. The summed E-state index contributed by atoms with van der Waals surface area (Å²) < 4.78 is 0. The third-order valence-corrected chi connectivity index (χ3v) is 4.79. The van der Waals surface area contributed by atoms with Crippen LogP contribution in [0.4, 0.5) is 5.69 Å². The molecule has 0 unspecified atom stereocenters. The topological polar surface area (TPSA) is 15.3 Å². The molecule has 1 N–H and O–H groups in total. The summed E-state index contributed by atoms with van der Waals surface area (Å²) in [6.07, 6.45) is 4.03. The normalized spacial score (nSPS) is 18.7. The van der Waals surface area contributed by atoms with E-state index in [1.807, 2.05) is 0 Å². The van der Waals surface area contributed by atoms with Crippen LogP contribution in [0, 0.1) is 12.3 Å². The molecule has 19 heavy (non-hydrogen) atoms. The van der Waals surface area contributed by atoms with Crippen molar-refractivity contribution < 1.29 is 0 Å². The highest BCUT2D eigenvalue weighted by molar-refractivity contribution is 5.45. The predicted molar refractivity (Wildman–Crippen MR) is 83.7 cm³/mol. The van der Waals surface area contributed by atoms with Gasteiger partial charge in [-0.3, -0.25) is 0 Å². The number of benzene rings is 1. The zero-order chi connectivity index (χ0) is 13.7. The third-order valence-electron chi connectivity index (χ3n) is 4.79. The number of hydrogen-bond acceptors (Lipinski definition) is 2. The van der Waals surface area contributed by atoms with Crippen LogP contribution >= 0.6 is 0 Å². The molecule has 2 nitrogen and oxygen atoms in total. The van der Waals surface area contributed by atoms with E-state index < -0.39 is 0 Å². The van der Waals surface area contributed by atoms with E-state index in [9.17, 15) is 0 Å². The average molecular weight is 260 g/mol. The van der Waals surface area contributed by atoms with Gasteiger partial charge in [0.05, 0.1) is 0 Å². The van der Waals surface area contributed by atoms with Crippen LogP contribution in [-0.2, 0) is 0 Å². The Labute approximate surface area is 118 Å². The maximum Gasteiger partial charge on any atom is 0.0343 e. The van der Waals surface area contributed by atoms with Gasteiger partial charge in [-0.25, -0.2) is 0 Å². The Morgan fingerprint density at radius 1 is 1.26 bits per heavy atom. The van der Waals surface area contributed by atoms with Crippen molar-refractivity contribution in [2.45, 2.75) is 40.0 Å². The number of anilines is 1. The number of aryl methyl sites for hydroxylation is 1. The largest absolute Gasteiger partial charge is 0.384 e. The van der Waals surface area contributed by atoms with Crippen LogP contribution in [0.1, 0.15) is 38.7 Å². The van der Waals surface area contributed by atoms with Gasteiger partial charge in [-0.15, -0.1) is 0 Å². The monoisotopic (exact) mass is 260 g/mol. The molecule has 1 fully saturated rings. The first-order chi connectivity index (χ1) is 9.17. The van der Waals surface area contributed by atoms with E-state index in [1.54, 1.807) is 0 Å². The molecule has 1 saturated heterocycles. The smallest absolute Gasteiger partial charge is 0.0343 e. The minimum atomic E-state index is 0.601. The van der Waals surface area contributed by atoms with Crippen LogP contribution < -0.4 is 5.32 Å². The number of nitrogens with zero attached hydrogens (tertiary/aromatic N) is 1. The molecule has 0 aliphatic carbocycles. The molecule has 106 valence electrons. The molecule has 0 amide bonds. The lowest BCUT2D eigenvalue weighted by molar-refractivity contribution is 0.245. The summed E-state index contributed by atoms with van der Waals surface area (Å²) in [6, 6.07) is 8.63. The molecular formula is C17H28N2. The van der Waals surface area contributed by atoms with E-state index in [0.29, 0.717) is 5.41 Å². The van der Waals surface area contributed by atoms with Gasteiger partial charge in [0, 0.05) is 25.3 Å². The van der Waals surface area contributed by atoms with E-state index in [-0.39, 0.29) is 0 Å². The fourth-order valence-electron chi connectivity index (χ4n) is 3.16. The molecule has 1 aliphatic rings. The van der Waals surface area contributed by atoms with Gasteiger partial charge in [0.1, 0.15) is 0 Å². The molecule has 2 rings (SSSR count). The Kier molecular flexibility index (Phi) is 4.87. The fourth-order valence-corrected chi connectivity index (χ4v) is 3.16. The summed E-state index contributed by atoms with van der Waals surface area (Å²) in [5, 5.41) is 3.53. The van der Waals surface area contributed by atoms with Gasteiger partial charge >= 0.3 is 0 Å². The lowest BCUT2D eigenvalue weighted by Crippen LogP contribution is -2.30. The van der Waals surface area contributed by atoms with Crippen LogP contribution in [0.2, 0.25) is 0 Å². The highest BCUT2D eigenvalue weighted by Gasteiger charge is 2.34. The van der Waals surface area contributed by atoms with Gasteiger partial charge in [-0.05, 0) is 55.8 Å². The van der Waals surface area contributed by atoms with Crippen molar-refractivity contribution in [2.75, 3.05) is 31.5 Å². The summed E-state index contributed by atoms with van der Waals surface area (Å²) in [7, 11) is 0. The molecule has 0 spiro atoms. The quantitative estimate of drug-likeness (QED) is 0.834. The molecule has 1 aliphatic heterocycles. The Hall–Kier alpha value is -1.02. The number of nitrogens with one attached hydrogen (secondary N) is 1. The molecule has 0 bridgehead atoms. The molecule has 1 aromatic carbocycles. The average Bonchev–Trinajstić information content (AvgIpc) is 2.83. The minimum Gasteiger partial charge on any atom is -0.384 e. The molecular weight excluding hydrogens is 232 g/mol. The predicted octanol–water partition coefficient (Wildman–Crippen LogP) is 3.92. The van der Waals surface area contributed by atoms with E-state index in [4.69, 9.17) is 0 Å². The van der Waals surface area contributed by atoms with Crippen LogP contribution in [0.15, 0.2) is 24.3 Å². The van der Waals surface area contributed by atoms with Crippen molar-refractivity contribution in [3.8, 4) is 0 Å². The standard InChI is InChI=1S/C17H28N2/c1-4-17(5-2)9-11-19(14-17)12-10-18-16-8-6-7-15(3)13-16/h6-8,13,18H,4-5,9-12,14H2,1-3H3. The van der Waals surface area contributed by atoms with Gasteiger partial charge in [0.15, 0.2) is 0 Å². The molecule has 0 saturated carbocycles. The van der Waals surface area contributed by atoms with Crippen molar-refractivity contribution in [1.29, 1.82) is 0 Å². The highest BCUT2D eigenvalue weighted by atomic mass is 15.2. The fraction of sp³-hybridized carbons (Fsp3) is 0.647. The van der Waals surface area contributed by atoms with Crippen LogP contribution in [0.25, 0.3) is 0 Å². The minimum absolute atomic E-state index is 0.601. The van der Waals surface area contributed by atoms with Gasteiger partial charge in [-0.2, -0.15) is 0 Å². The zero-order valence-corrected chi connectivity index (χ0v) is 12.7. The van der Waals surface area contributed by atoms with Crippen LogP contribution in [0.5, 0.6) is 0 Å². The second-order valence-corrected chi connectivity index (χ2v) is 6.03. The molecule has 0 atom stereocenters. The van der Waals surface area contributed by atoms with E-state index in [2.05, 4.69) is 55.3 Å². The zero-order valence-electron chi connectivity index (χ0n) is 12.7. The lowest BCUT2D eigenvalue weighted by atomic mass is 9.82. The molecule has 0 radical (unpaired) electrons. The summed E-state index contributed by atoms with van der Waals surface area (Å²) in [5.41, 5.74) is 3.17. The second-order valence-electron chi connectivity index (χ2n) is 6.03. The van der Waals surface area contributed by atoms with Crippen molar-refractivity contribution >= 4 is 5.69 Å². The molecule has 2 heteroatoms. The first-order valence-electron chi connectivity index (χ1n) is 7.70. The van der Waals surface area contributed by atoms with Crippen molar-refractivity contribution in [1.82, 2.24) is 4.90 Å². The molecule has 1 aromatic rings. The summed E-state index contributed by atoms with van der Waals surface area (Å²) >= 11 is 0. The summed E-state index contributed by atoms with van der Waals surface area (Å²) in [6.45, 7) is 11.6. The van der Waals surface area contributed by atoms with Crippen LogP contribution in [-0.4, -0.2) is 31.1 Å². The Bertz CT molecular complexity index is 396. The van der Waals surface area contributed by atoms with Crippen molar-refractivity contribution in [2.24, 2.45) is 5.41 Å². The summed E-state index contributed by atoms with van der Waals surface area (Å²) in [5.74, 6) is 0. The Morgan fingerprint density at radius 2 is 2.05 bits per heavy atom. The number of rotatable bonds is 6. The van der Waals surface area contributed by atoms with Gasteiger partial charge in [0.25, 0.3) is 0 Å². The molecule has 0 aromatic heterocycles. The first-order valence-corrected chi connectivity index (χ1v) is 7.70. The van der Waals surface area contributed by atoms with Crippen molar-refractivity contribution in [3.05, 3.63) is 29.8 Å². The molecule has 1 heterocycles. The van der Waals surface area contributed by atoms with Gasteiger partial charge < -0.3 is 10.2 Å². The Morgan fingerprint density at radius 3 is 2.68 bits per heavy atom. The van der Waals surface area contributed by atoms with Gasteiger partial charge in [-0.1, -0.05) is 26.0 Å². The number of hydrogen-bond donors (Lipinski definition) is 1. The second kappa shape index (κ2) is 6.42. The number of likely N-dealkylation sites (tertiary alicyclic amines) is 1. The summed E-state index contributed by atoms with van der Waals surface area (Å²) in [4.78, 5) is 2.62. The first kappa shape index (κ1) is 14.4. The lowest BCUT2D eigenvalue weighted by Gasteiger charge is -2.26. The van der Waals surface area contributed by atoms with Crippen molar-refractivity contribution in [3.63, 3.8) is 0 Å².